The molecule has 1 atom stereocenters. The van der Waals surface area contributed by atoms with Crippen molar-refractivity contribution in [2.45, 2.75) is 32.3 Å². The summed E-state index contributed by atoms with van der Waals surface area (Å²) in [5.41, 5.74) is 0. The van der Waals surface area contributed by atoms with E-state index in [2.05, 4.69) is 15.9 Å². The number of likely N-dealkylation sites (tertiary alicyclic amines) is 1. The topological polar surface area (TPSA) is 29.5 Å². The summed E-state index contributed by atoms with van der Waals surface area (Å²) in [5, 5.41) is 0.752. The predicted molar refractivity (Wildman–Crippen MR) is 59.6 cm³/mol. The zero-order valence-corrected chi connectivity index (χ0v) is 10.3. The van der Waals surface area contributed by atoms with E-state index in [0.29, 0.717) is 6.42 Å². The van der Waals surface area contributed by atoms with Gasteiger partial charge in [0, 0.05) is 31.4 Å². The molecule has 0 radical (unpaired) electrons. The maximum atomic E-state index is 11.6. The summed E-state index contributed by atoms with van der Waals surface area (Å²) in [4.78, 5) is 13.5. The third kappa shape index (κ3) is 3.58. The molecular formula is C10H18BrNO2. The highest BCUT2D eigenvalue weighted by Crippen LogP contribution is 2.14. The van der Waals surface area contributed by atoms with Gasteiger partial charge in [0.25, 0.3) is 0 Å². The van der Waals surface area contributed by atoms with Gasteiger partial charge in [-0.25, -0.2) is 0 Å². The van der Waals surface area contributed by atoms with E-state index in [0.717, 1.165) is 37.9 Å². The standard InChI is InChI=1S/C10H18BrNO2/c1-2-14-9-4-3-7-12(8-9)10(13)5-6-11/h9H,2-8H2,1H3. The summed E-state index contributed by atoms with van der Waals surface area (Å²) in [7, 11) is 0. The van der Waals surface area contributed by atoms with Crippen molar-refractivity contribution in [2.75, 3.05) is 25.0 Å². The first-order valence-electron chi connectivity index (χ1n) is 5.23. The van der Waals surface area contributed by atoms with Crippen molar-refractivity contribution >= 4 is 21.8 Å². The highest BCUT2D eigenvalue weighted by molar-refractivity contribution is 9.09. The van der Waals surface area contributed by atoms with Crippen LogP contribution in [0.1, 0.15) is 26.2 Å². The average Bonchev–Trinajstić information content (AvgIpc) is 2.19. The van der Waals surface area contributed by atoms with Crippen LogP contribution in [0, 0.1) is 0 Å². The molecule has 0 aromatic rings. The quantitative estimate of drug-likeness (QED) is 0.725. The Kier molecular flexibility index (Phi) is 5.48. The summed E-state index contributed by atoms with van der Waals surface area (Å²) in [6.45, 7) is 4.42. The van der Waals surface area contributed by atoms with Crippen molar-refractivity contribution in [1.82, 2.24) is 4.90 Å². The Morgan fingerprint density at radius 1 is 1.64 bits per heavy atom. The van der Waals surface area contributed by atoms with Crippen LogP contribution in [0.2, 0.25) is 0 Å². The van der Waals surface area contributed by atoms with Crippen LogP contribution in [0.4, 0.5) is 0 Å². The number of alkyl halides is 1. The maximum absolute atomic E-state index is 11.6. The average molecular weight is 264 g/mol. The second kappa shape index (κ2) is 6.40. The molecule has 82 valence electrons. The number of nitrogens with zero attached hydrogens (tertiary/aromatic N) is 1. The number of amides is 1. The molecular weight excluding hydrogens is 246 g/mol. The minimum absolute atomic E-state index is 0.242. The highest BCUT2D eigenvalue weighted by Gasteiger charge is 2.22. The second-order valence-electron chi connectivity index (χ2n) is 3.50. The lowest BCUT2D eigenvalue weighted by atomic mass is 10.1. The van der Waals surface area contributed by atoms with Crippen LogP contribution < -0.4 is 0 Å². The van der Waals surface area contributed by atoms with Crippen LogP contribution in [0.15, 0.2) is 0 Å². The van der Waals surface area contributed by atoms with Crippen LogP contribution in [-0.2, 0) is 9.53 Å². The number of ether oxygens (including phenoxy) is 1. The number of hydrogen-bond acceptors (Lipinski definition) is 2. The van der Waals surface area contributed by atoms with Gasteiger partial charge >= 0.3 is 0 Å². The Hall–Kier alpha value is -0.0900. The van der Waals surface area contributed by atoms with Gasteiger partial charge in [0.05, 0.1) is 6.10 Å². The number of piperidine rings is 1. The molecule has 0 N–H and O–H groups in total. The maximum Gasteiger partial charge on any atom is 0.223 e. The largest absolute Gasteiger partial charge is 0.377 e. The molecule has 1 aliphatic heterocycles. The van der Waals surface area contributed by atoms with Crippen molar-refractivity contribution in [1.29, 1.82) is 0 Å². The van der Waals surface area contributed by atoms with Crippen molar-refractivity contribution in [2.24, 2.45) is 0 Å². The van der Waals surface area contributed by atoms with Gasteiger partial charge in [0.2, 0.25) is 5.91 Å². The number of carbonyl (C=O) groups excluding carboxylic acids is 1. The fraction of sp³-hybridized carbons (Fsp3) is 0.900. The zero-order chi connectivity index (χ0) is 10.4. The molecule has 0 aromatic carbocycles. The van der Waals surface area contributed by atoms with E-state index in [4.69, 9.17) is 4.74 Å². The molecule has 1 aliphatic rings. The number of carbonyl (C=O) groups is 1. The minimum Gasteiger partial charge on any atom is -0.377 e. The molecule has 1 heterocycles. The molecule has 0 bridgehead atoms. The lowest BCUT2D eigenvalue weighted by molar-refractivity contribution is -0.134. The van der Waals surface area contributed by atoms with Crippen molar-refractivity contribution in [3.05, 3.63) is 0 Å². The van der Waals surface area contributed by atoms with Crippen LogP contribution in [0.5, 0.6) is 0 Å². The molecule has 1 saturated heterocycles. The zero-order valence-electron chi connectivity index (χ0n) is 8.67. The van der Waals surface area contributed by atoms with Crippen molar-refractivity contribution in [3.63, 3.8) is 0 Å². The molecule has 1 fully saturated rings. The van der Waals surface area contributed by atoms with E-state index < -0.39 is 0 Å². The van der Waals surface area contributed by atoms with Gasteiger partial charge < -0.3 is 9.64 Å². The molecule has 14 heavy (non-hydrogen) atoms. The van der Waals surface area contributed by atoms with Gasteiger partial charge in [-0.1, -0.05) is 15.9 Å². The molecule has 1 rings (SSSR count). The van der Waals surface area contributed by atoms with Gasteiger partial charge in [0.15, 0.2) is 0 Å². The van der Waals surface area contributed by atoms with Crippen molar-refractivity contribution in [3.8, 4) is 0 Å². The fourth-order valence-corrected chi connectivity index (χ4v) is 2.11. The Balaban J connectivity index is 2.35. The first kappa shape index (κ1) is 12.0. The fourth-order valence-electron chi connectivity index (χ4n) is 1.78. The summed E-state index contributed by atoms with van der Waals surface area (Å²) >= 11 is 3.28. The predicted octanol–water partition coefficient (Wildman–Crippen LogP) is 1.80. The lowest BCUT2D eigenvalue weighted by Crippen LogP contribution is -2.43. The first-order valence-corrected chi connectivity index (χ1v) is 6.35. The lowest BCUT2D eigenvalue weighted by Gasteiger charge is -2.32. The smallest absolute Gasteiger partial charge is 0.223 e. The summed E-state index contributed by atoms with van der Waals surface area (Å²) < 4.78 is 5.54. The SMILES string of the molecule is CCOC1CCCN(C(=O)CCBr)C1. The summed E-state index contributed by atoms with van der Waals surface area (Å²) in [6.07, 6.45) is 3.01. The van der Waals surface area contributed by atoms with Crippen LogP contribution >= 0.6 is 15.9 Å². The third-order valence-electron chi connectivity index (χ3n) is 2.44. The molecule has 0 aromatic heterocycles. The Bertz CT molecular complexity index is 185. The summed E-state index contributed by atoms with van der Waals surface area (Å²) in [6, 6.07) is 0. The van der Waals surface area contributed by atoms with Crippen LogP contribution in [-0.4, -0.2) is 41.9 Å². The Labute approximate surface area is 93.9 Å². The minimum atomic E-state index is 0.242. The van der Waals surface area contributed by atoms with E-state index in [-0.39, 0.29) is 12.0 Å². The van der Waals surface area contributed by atoms with E-state index in [1.165, 1.54) is 0 Å². The Morgan fingerprint density at radius 2 is 2.43 bits per heavy atom. The first-order chi connectivity index (χ1) is 6.77. The molecule has 0 spiro atoms. The number of hydrogen-bond donors (Lipinski definition) is 0. The van der Waals surface area contributed by atoms with Gasteiger partial charge in [-0.3, -0.25) is 4.79 Å². The van der Waals surface area contributed by atoms with Crippen LogP contribution in [0.3, 0.4) is 0 Å². The Morgan fingerprint density at radius 3 is 3.07 bits per heavy atom. The van der Waals surface area contributed by atoms with Gasteiger partial charge in [-0.05, 0) is 19.8 Å². The number of halogens is 1. The molecule has 0 aliphatic carbocycles. The van der Waals surface area contributed by atoms with Gasteiger partial charge in [-0.15, -0.1) is 0 Å². The molecule has 1 amide bonds. The molecule has 3 nitrogen and oxygen atoms in total. The monoisotopic (exact) mass is 263 g/mol. The van der Waals surface area contributed by atoms with E-state index in [1.54, 1.807) is 0 Å². The van der Waals surface area contributed by atoms with E-state index in [1.807, 2.05) is 11.8 Å². The molecule has 1 unspecified atom stereocenters. The van der Waals surface area contributed by atoms with Crippen LogP contribution in [0.25, 0.3) is 0 Å². The van der Waals surface area contributed by atoms with Crippen molar-refractivity contribution < 1.29 is 9.53 Å². The molecule has 0 saturated carbocycles. The van der Waals surface area contributed by atoms with E-state index >= 15 is 0 Å². The third-order valence-corrected chi connectivity index (χ3v) is 2.84. The van der Waals surface area contributed by atoms with E-state index in [9.17, 15) is 4.79 Å². The van der Waals surface area contributed by atoms with Gasteiger partial charge in [0.1, 0.15) is 0 Å². The highest BCUT2D eigenvalue weighted by atomic mass is 79.9. The normalized spacial score (nSPS) is 22.4. The summed E-state index contributed by atoms with van der Waals surface area (Å²) in [5.74, 6) is 0.242. The van der Waals surface area contributed by atoms with Gasteiger partial charge in [-0.2, -0.15) is 0 Å². The second-order valence-corrected chi connectivity index (χ2v) is 4.29. The molecule has 4 heteroatoms. The number of rotatable bonds is 4.